The summed E-state index contributed by atoms with van der Waals surface area (Å²) in [6, 6.07) is 26.6. The molecule has 3 atom stereocenters. The molecule has 0 spiro atoms. The van der Waals surface area contributed by atoms with Crippen molar-refractivity contribution in [2.45, 2.75) is 97.1 Å². The van der Waals surface area contributed by atoms with E-state index in [2.05, 4.69) is 46.0 Å². The van der Waals surface area contributed by atoms with Crippen LogP contribution in [0.3, 0.4) is 0 Å². The molecule has 0 aromatic heterocycles. The van der Waals surface area contributed by atoms with Crippen LogP contribution < -0.4 is 14.9 Å². The molecule has 1 amide bonds. The van der Waals surface area contributed by atoms with Gasteiger partial charge in [-0.15, -0.1) is 11.8 Å². The molecule has 7 rings (SSSR count). The van der Waals surface area contributed by atoms with Crippen molar-refractivity contribution in [3.63, 3.8) is 0 Å². The summed E-state index contributed by atoms with van der Waals surface area (Å²) < 4.78 is 97.9. The molecule has 0 saturated carbocycles. The predicted molar refractivity (Wildman–Crippen MR) is 250 cm³/mol. The molecule has 10 nitrogen and oxygen atoms in total. The van der Waals surface area contributed by atoms with Gasteiger partial charge in [-0.2, -0.15) is 13.2 Å². The number of allylic oxidation sites excluding steroid dienone is 1. The third-order valence-corrected chi connectivity index (χ3v) is 16.8. The van der Waals surface area contributed by atoms with Gasteiger partial charge in [0.1, 0.15) is 4.90 Å². The number of hydrogen-bond acceptors (Lipinski definition) is 10. The van der Waals surface area contributed by atoms with Gasteiger partial charge >= 0.3 is 5.51 Å². The van der Waals surface area contributed by atoms with E-state index in [-0.39, 0.29) is 11.3 Å². The van der Waals surface area contributed by atoms with Crippen molar-refractivity contribution < 1.29 is 34.8 Å². The summed E-state index contributed by atoms with van der Waals surface area (Å²) in [5.41, 5.74) is -1.15. The molecule has 4 aromatic carbocycles. The van der Waals surface area contributed by atoms with Crippen LogP contribution in [-0.2, 0) is 19.9 Å². The largest absolute Gasteiger partial charge is 0.501 e. The minimum atomic E-state index is -6.04. The number of piperazine rings is 1. The van der Waals surface area contributed by atoms with Gasteiger partial charge < -0.3 is 10.2 Å². The maximum Gasteiger partial charge on any atom is 0.501 e. The van der Waals surface area contributed by atoms with E-state index in [1.165, 1.54) is 53.4 Å². The molecular formula is C47H55ClF3N5O5S3. The third-order valence-electron chi connectivity index (χ3n) is 12.6. The standard InChI is InChI=1S/C47H55ClF3N5O5S3/c1-33-12-13-34(2)56(33)25-24-39(32-62-41-9-4-3-5-10-41)52-44-23-22-42(30-45(44)63(58,59)47(49,50)51)64(60,61)53-46(57)36-16-20-40(21-17-36)55-28-26-54(27-29-55)31-37-8-6-7-11-43(37)35-14-18-38(48)19-15-35/h3-5,9-10,14-23,30,33-34,39,52H,6-8,11-13,24-29,31-32H2,1-2H3,(H,53,57)/t33-,34+,39-/m0/s1. The molecule has 64 heavy (non-hydrogen) atoms. The van der Waals surface area contributed by atoms with E-state index < -0.39 is 47.1 Å². The van der Waals surface area contributed by atoms with Gasteiger partial charge in [0, 0.05) is 84.3 Å². The first-order chi connectivity index (χ1) is 30.5. The topological polar surface area (TPSA) is 119 Å². The number of anilines is 2. The molecule has 1 aliphatic carbocycles. The lowest BCUT2D eigenvalue weighted by Crippen LogP contribution is -2.47. The number of thioether (sulfide) groups is 1. The highest BCUT2D eigenvalue weighted by molar-refractivity contribution is 7.99. The maximum atomic E-state index is 14.2. The number of halogens is 4. The van der Waals surface area contributed by atoms with Crippen LogP contribution in [0.15, 0.2) is 117 Å². The average molecular weight is 959 g/mol. The van der Waals surface area contributed by atoms with Crippen LogP contribution >= 0.6 is 23.4 Å². The summed E-state index contributed by atoms with van der Waals surface area (Å²) in [4.78, 5) is 19.2. The molecule has 0 radical (unpaired) electrons. The molecule has 0 unspecified atom stereocenters. The van der Waals surface area contributed by atoms with E-state index in [0.717, 1.165) is 86.1 Å². The van der Waals surface area contributed by atoms with Gasteiger partial charge in [0.05, 0.1) is 10.6 Å². The summed E-state index contributed by atoms with van der Waals surface area (Å²) in [5, 5.41) is 3.76. The van der Waals surface area contributed by atoms with Crippen molar-refractivity contribution in [2.24, 2.45) is 0 Å². The molecule has 17 heteroatoms. The van der Waals surface area contributed by atoms with Crippen LogP contribution in [0.2, 0.25) is 5.02 Å². The number of hydrogen-bond donors (Lipinski definition) is 2. The smallest absolute Gasteiger partial charge is 0.380 e. The summed E-state index contributed by atoms with van der Waals surface area (Å²) in [7, 11) is -10.9. The van der Waals surface area contributed by atoms with Crippen molar-refractivity contribution in [2.75, 3.05) is 55.2 Å². The quantitative estimate of drug-likeness (QED) is 0.105. The molecular weight excluding hydrogens is 903 g/mol. The predicted octanol–water partition coefficient (Wildman–Crippen LogP) is 9.74. The van der Waals surface area contributed by atoms with Gasteiger partial charge in [-0.3, -0.25) is 14.6 Å². The lowest BCUT2D eigenvalue weighted by atomic mass is 9.87. The third kappa shape index (κ3) is 11.7. The molecule has 2 aliphatic heterocycles. The fraction of sp³-hybridized carbons (Fsp3) is 0.426. The zero-order chi connectivity index (χ0) is 45.6. The van der Waals surface area contributed by atoms with Gasteiger partial charge in [-0.05, 0) is 137 Å². The Balaban J connectivity index is 1.02. The monoisotopic (exact) mass is 957 g/mol. The number of sulfone groups is 1. The van der Waals surface area contributed by atoms with Crippen molar-refractivity contribution in [3.8, 4) is 0 Å². The van der Waals surface area contributed by atoms with E-state index in [0.29, 0.717) is 36.9 Å². The molecule has 4 aromatic rings. The Labute approximate surface area is 384 Å². The van der Waals surface area contributed by atoms with Gasteiger partial charge in [-0.1, -0.05) is 47.5 Å². The van der Waals surface area contributed by atoms with Crippen molar-refractivity contribution in [1.82, 2.24) is 14.5 Å². The number of rotatable bonds is 16. The molecule has 344 valence electrons. The fourth-order valence-electron chi connectivity index (χ4n) is 8.90. The number of sulfonamides is 1. The Morgan fingerprint density at radius 3 is 2.16 bits per heavy atom. The highest BCUT2D eigenvalue weighted by atomic mass is 35.5. The summed E-state index contributed by atoms with van der Waals surface area (Å²) in [6.07, 6.45) is 6.99. The second kappa shape index (κ2) is 20.6. The SMILES string of the molecule is C[C@@H]1CC[C@H](C)N1CC[C@@H](CSc1ccccc1)Nc1ccc(S(=O)(=O)NC(=O)c2ccc(N3CCN(CC4=C(c5ccc(Cl)cc5)CCCC4)CC3)cc2)cc1S(=O)(=O)C(F)(F)F. The van der Waals surface area contributed by atoms with Gasteiger partial charge in [-0.25, -0.2) is 21.6 Å². The molecule has 2 N–H and O–H groups in total. The van der Waals surface area contributed by atoms with Crippen LogP contribution in [0.25, 0.3) is 5.57 Å². The van der Waals surface area contributed by atoms with Crippen LogP contribution in [-0.4, -0.2) is 101 Å². The molecule has 2 fully saturated rings. The van der Waals surface area contributed by atoms with Crippen LogP contribution in [0.4, 0.5) is 24.5 Å². The first-order valence-electron chi connectivity index (χ1n) is 21.8. The number of amides is 1. The zero-order valence-electron chi connectivity index (χ0n) is 36.0. The number of alkyl halides is 3. The number of likely N-dealkylation sites (tertiary alicyclic amines) is 1. The van der Waals surface area contributed by atoms with E-state index >= 15 is 0 Å². The van der Waals surface area contributed by atoms with E-state index in [9.17, 15) is 34.8 Å². The Bertz CT molecular complexity index is 2490. The van der Waals surface area contributed by atoms with E-state index in [1.807, 2.05) is 47.2 Å². The zero-order valence-corrected chi connectivity index (χ0v) is 39.2. The van der Waals surface area contributed by atoms with Crippen molar-refractivity contribution in [1.29, 1.82) is 0 Å². The summed E-state index contributed by atoms with van der Waals surface area (Å²) >= 11 is 7.62. The lowest BCUT2D eigenvalue weighted by Gasteiger charge is -2.37. The van der Waals surface area contributed by atoms with E-state index in [1.54, 1.807) is 12.1 Å². The Kier molecular flexibility index (Phi) is 15.4. The average Bonchev–Trinajstić information content (AvgIpc) is 3.60. The number of carbonyl (C=O) groups is 1. The highest BCUT2D eigenvalue weighted by Gasteiger charge is 2.48. The number of benzene rings is 4. The summed E-state index contributed by atoms with van der Waals surface area (Å²) in [5.74, 6) is -0.623. The Morgan fingerprint density at radius 1 is 0.844 bits per heavy atom. The normalized spacial score (nSPS) is 19.8. The second-order valence-corrected chi connectivity index (χ2v) is 22.0. The molecule has 2 saturated heterocycles. The van der Waals surface area contributed by atoms with Crippen LogP contribution in [0.1, 0.15) is 74.7 Å². The van der Waals surface area contributed by atoms with E-state index in [4.69, 9.17) is 11.6 Å². The molecule has 0 bridgehead atoms. The van der Waals surface area contributed by atoms with Crippen molar-refractivity contribution in [3.05, 3.63) is 119 Å². The number of carbonyl (C=O) groups excluding carboxylic acids is 1. The fourth-order valence-corrected chi connectivity index (χ4v) is 12.0. The highest BCUT2D eigenvalue weighted by Crippen LogP contribution is 2.38. The Hall–Kier alpha value is -4.06. The minimum absolute atomic E-state index is 0.00625. The van der Waals surface area contributed by atoms with Crippen LogP contribution in [0.5, 0.6) is 0 Å². The van der Waals surface area contributed by atoms with Crippen molar-refractivity contribution >= 4 is 66.1 Å². The first-order valence-corrected chi connectivity index (χ1v) is 26.1. The first kappa shape index (κ1) is 47.9. The lowest BCUT2D eigenvalue weighted by molar-refractivity contribution is -0.0435. The number of nitrogens with zero attached hydrogens (tertiary/aromatic N) is 3. The van der Waals surface area contributed by atoms with Gasteiger partial charge in [0.2, 0.25) is 0 Å². The maximum absolute atomic E-state index is 14.2. The van der Waals surface area contributed by atoms with Gasteiger partial charge in [0.25, 0.3) is 25.8 Å². The van der Waals surface area contributed by atoms with Gasteiger partial charge in [0.15, 0.2) is 0 Å². The second-order valence-electron chi connectivity index (χ2n) is 16.9. The number of nitrogens with one attached hydrogen (secondary N) is 2. The Morgan fingerprint density at radius 2 is 1.50 bits per heavy atom. The minimum Gasteiger partial charge on any atom is -0.380 e. The molecule has 2 heterocycles. The molecule has 3 aliphatic rings. The van der Waals surface area contributed by atoms with Crippen LogP contribution in [0, 0.1) is 0 Å². The summed E-state index contributed by atoms with van der Waals surface area (Å²) in [6.45, 7) is 8.95.